The van der Waals surface area contributed by atoms with E-state index in [1.807, 2.05) is 19.1 Å². The first-order chi connectivity index (χ1) is 14.7. The maximum atomic E-state index is 13.3. The lowest BCUT2D eigenvalue weighted by Crippen LogP contribution is -2.44. The van der Waals surface area contributed by atoms with Crippen LogP contribution < -0.4 is 16.0 Å². The Bertz CT molecular complexity index is 825. The van der Waals surface area contributed by atoms with E-state index in [4.69, 9.17) is 4.42 Å². The largest absolute Gasteiger partial charge is 0.468 e. The quantitative estimate of drug-likeness (QED) is 0.269. The van der Waals surface area contributed by atoms with Gasteiger partial charge in [-0.2, -0.15) is 0 Å². The summed E-state index contributed by atoms with van der Waals surface area (Å²) in [7, 11) is 0. The topological polar surface area (TPSA) is 81.9 Å². The van der Waals surface area contributed by atoms with Crippen molar-refractivity contribution in [3.05, 3.63) is 54.2 Å². The van der Waals surface area contributed by atoms with Gasteiger partial charge in [0.2, 0.25) is 5.91 Å². The smallest absolute Gasteiger partial charge is 0.246 e. The summed E-state index contributed by atoms with van der Waals surface area (Å²) in [5, 5.41) is 9.15. The van der Waals surface area contributed by atoms with Gasteiger partial charge in [-0.1, -0.05) is 12.5 Å². The maximum absolute atomic E-state index is 13.3. The lowest BCUT2D eigenvalue weighted by Gasteiger charge is -2.33. The van der Waals surface area contributed by atoms with Crippen LogP contribution in [-0.2, 0) is 4.79 Å². The molecule has 3 rings (SSSR count). The van der Waals surface area contributed by atoms with Crippen LogP contribution in [0.25, 0.3) is 0 Å². The van der Waals surface area contributed by atoms with Crippen LogP contribution in [0.5, 0.6) is 0 Å². The number of amides is 1. The Kier molecular flexibility index (Phi) is 10.8. The van der Waals surface area contributed by atoms with Crippen molar-refractivity contribution >= 4 is 41.5 Å². The average Bonchev–Trinajstić information content (AvgIpc) is 3.27. The maximum Gasteiger partial charge on any atom is 0.246 e. The summed E-state index contributed by atoms with van der Waals surface area (Å²) in [5.41, 5.74) is 0.413. The van der Waals surface area contributed by atoms with Crippen molar-refractivity contribution in [3.8, 4) is 0 Å². The Morgan fingerprint density at radius 2 is 2.00 bits per heavy atom. The zero-order valence-corrected chi connectivity index (χ0v) is 20.1. The minimum absolute atomic E-state index is 0. The number of anilines is 1. The van der Waals surface area contributed by atoms with Crippen LogP contribution in [0, 0.1) is 5.82 Å². The normalized spacial score (nSPS) is 15.6. The number of piperidine rings is 1. The van der Waals surface area contributed by atoms with E-state index in [0.717, 1.165) is 18.8 Å². The van der Waals surface area contributed by atoms with Crippen LogP contribution in [0.3, 0.4) is 0 Å². The second-order valence-electron chi connectivity index (χ2n) is 7.26. The molecule has 1 unspecified atom stereocenters. The van der Waals surface area contributed by atoms with Gasteiger partial charge in [0.05, 0.1) is 12.3 Å². The van der Waals surface area contributed by atoms with E-state index in [1.165, 1.54) is 31.4 Å². The molecule has 9 heteroatoms. The lowest BCUT2D eigenvalue weighted by molar-refractivity contribution is -0.114. The van der Waals surface area contributed by atoms with Gasteiger partial charge >= 0.3 is 0 Å². The highest BCUT2D eigenvalue weighted by molar-refractivity contribution is 14.0. The molecule has 0 saturated carbocycles. The van der Waals surface area contributed by atoms with E-state index in [9.17, 15) is 9.18 Å². The molecule has 0 radical (unpaired) electrons. The van der Waals surface area contributed by atoms with Crippen LogP contribution in [0.2, 0.25) is 0 Å². The van der Waals surface area contributed by atoms with E-state index < -0.39 is 5.82 Å². The van der Waals surface area contributed by atoms with E-state index in [-0.39, 0.29) is 42.5 Å². The number of furan rings is 1. The molecule has 170 valence electrons. The first-order valence-corrected chi connectivity index (χ1v) is 10.5. The number of nitrogens with one attached hydrogen (secondary N) is 3. The van der Waals surface area contributed by atoms with Crippen LogP contribution in [-0.4, -0.2) is 49.5 Å². The number of nitrogens with zero attached hydrogens (tertiary/aromatic N) is 2. The predicted molar refractivity (Wildman–Crippen MR) is 131 cm³/mol. The number of carbonyl (C=O) groups is 1. The lowest BCUT2D eigenvalue weighted by atomic mass is 10.1. The van der Waals surface area contributed by atoms with Gasteiger partial charge < -0.3 is 20.4 Å². The number of aliphatic imine (C=N–C) groups is 1. The standard InChI is InChI=1S/C22H30FN5O2.HI/c1-2-24-22(26-16-21(29)27-18-9-6-8-17(23)14-18)25-15-19(20-10-7-13-30-20)28-11-4-3-5-12-28;/h6-10,13-14,19H,2-5,11-12,15-16H2,1H3,(H,27,29)(H2,24,25,26);1H. The van der Waals surface area contributed by atoms with Gasteiger partial charge in [0, 0.05) is 18.8 Å². The van der Waals surface area contributed by atoms with Gasteiger partial charge in [-0.05, 0) is 63.2 Å². The van der Waals surface area contributed by atoms with Crippen molar-refractivity contribution in [1.29, 1.82) is 0 Å². The number of halogens is 2. The Labute approximate surface area is 199 Å². The third-order valence-corrected chi connectivity index (χ3v) is 5.00. The second kappa shape index (κ2) is 13.3. The molecular weight excluding hydrogens is 512 g/mol. The molecule has 1 aromatic carbocycles. The van der Waals surface area contributed by atoms with E-state index in [0.29, 0.717) is 24.7 Å². The SMILES string of the molecule is CCNC(=NCC(=O)Nc1cccc(F)c1)NCC(c1ccco1)N1CCCCC1.I. The van der Waals surface area contributed by atoms with Gasteiger partial charge in [0.15, 0.2) is 5.96 Å². The van der Waals surface area contributed by atoms with Gasteiger partial charge in [-0.15, -0.1) is 24.0 Å². The van der Waals surface area contributed by atoms with Gasteiger partial charge in [-0.25, -0.2) is 9.38 Å². The zero-order chi connectivity index (χ0) is 21.2. The first-order valence-electron chi connectivity index (χ1n) is 10.5. The highest BCUT2D eigenvalue weighted by Crippen LogP contribution is 2.24. The second-order valence-corrected chi connectivity index (χ2v) is 7.26. The minimum Gasteiger partial charge on any atom is -0.468 e. The van der Waals surface area contributed by atoms with Crippen LogP contribution in [0.1, 0.15) is 38.0 Å². The molecule has 1 fully saturated rings. The number of hydrogen-bond donors (Lipinski definition) is 3. The molecule has 3 N–H and O–H groups in total. The van der Waals surface area contributed by atoms with Gasteiger partial charge in [0.1, 0.15) is 18.1 Å². The third kappa shape index (κ3) is 8.13. The summed E-state index contributed by atoms with van der Waals surface area (Å²) in [5.74, 6) is 0.772. The van der Waals surface area contributed by atoms with Crippen molar-refractivity contribution in [2.45, 2.75) is 32.2 Å². The fourth-order valence-electron chi connectivity index (χ4n) is 3.57. The molecular formula is C22H31FIN5O2. The highest BCUT2D eigenvalue weighted by atomic mass is 127. The molecule has 1 saturated heterocycles. The fraction of sp³-hybridized carbons (Fsp3) is 0.455. The van der Waals surface area contributed by atoms with Crippen LogP contribution >= 0.6 is 24.0 Å². The molecule has 1 atom stereocenters. The zero-order valence-electron chi connectivity index (χ0n) is 17.8. The average molecular weight is 543 g/mol. The molecule has 2 heterocycles. The summed E-state index contributed by atoms with van der Waals surface area (Å²) in [6, 6.07) is 9.80. The Balaban J connectivity index is 0.00000341. The molecule has 2 aromatic rings. The molecule has 7 nitrogen and oxygen atoms in total. The number of carbonyl (C=O) groups excluding carboxylic acids is 1. The predicted octanol–water partition coefficient (Wildman–Crippen LogP) is 3.76. The van der Waals surface area contributed by atoms with E-state index in [2.05, 4.69) is 25.8 Å². The number of hydrogen-bond acceptors (Lipinski definition) is 4. The number of guanidine groups is 1. The van der Waals surface area contributed by atoms with Crippen molar-refractivity contribution in [3.63, 3.8) is 0 Å². The summed E-state index contributed by atoms with van der Waals surface area (Å²) in [4.78, 5) is 19.0. The van der Waals surface area contributed by atoms with E-state index in [1.54, 1.807) is 18.4 Å². The van der Waals surface area contributed by atoms with Gasteiger partial charge in [0.25, 0.3) is 0 Å². The fourth-order valence-corrected chi connectivity index (χ4v) is 3.57. The molecule has 0 spiro atoms. The molecule has 31 heavy (non-hydrogen) atoms. The molecule has 1 aliphatic rings. The van der Waals surface area contributed by atoms with Crippen molar-refractivity contribution in [1.82, 2.24) is 15.5 Å². The Hall–Kier alpha value is -2.14. The highest BCUT2D eigenvalue weighted by Gasteiger charge is 2.24. The van der Waals surface area contributed by atoms with Crippen molar-refractivity contribution in [2.75, 3.05) is 38.0 Å². The molecule has 0 bridgehead atoms. The van der Waals surface area contributed by atoms with Crippen molar-refractivity contribution in [2.24, 2.45) is 4.99 Å². The van der Waals surface area contributed by atoms with Gasteiger partial charge in [-0.3, -0.25) is 9.69 Å². The monoisotopic (exact) mass is 543 g/mol. The molecule has 1 aromatic heterocycles. The number of likely N-dealkylation sites (tertiary alicyclic amines) is 1. The summed E-state index contributed by atoms with van der Waals surface area (Å²) in [6.07, 6.45) is 5.33. The van der Waals surface area contributed by atoms with E-state index >= 15 is 0 Å². The minimum atomic E-state index is -0.395. The van der Waals surface area contributed by atoms with Crippen molar-refractivity contribution < 1.29 is 13.6 Å². The molecule has 1 amide bonds. The van der Waals surface area contributed by atoms with Crippen LogP contribution in [0.4, 0.5) is 10.1 Å². The number of benzene rings is 1. The molecule has 0 aliphatic carbocycles. The number of rotatable bonds is 8. The first kappa shape index (κ1) is 25.1. The molecule has 1 aliphatic heterocycles. The summed E-state index contributed by atoms with van der Waals surface area (Å²) < 4.78 is 18.9. The Morgan fingerprint density at radius 3 is 2.68 bits per heavy atom. The Morgan fingerprint density at radius 1 is 1.19 bits per heavy atom. The summed E-state index contributed by atoms with van der Waals surface area (Å²) >= 11 is 0. The van der Waals surface area contributed by atoms with Crippen LogP contribution in [0.15, 0.2) is 52.1 Å². The summed E-state index contributed by atoms with van der Waals surface area (Å²) in [6.45, 7) is 5.27. The third-order valence-electron chi connectivity index (χ3n) is 5.00.